The molecule has 0 aromatic rings. The first-order valence-corrected chi connectivity index (χ1v) is 6.36. The van der Waals surface area contributed by atoms with Crippen LogP contribution in [0.3, 0.4) is 0 Å². The van der Waals surface area contributed by atoms with Crippen molar-refractivity contribution >= 4 is 0 Å². The number of rotatable bonds is 4. The molecular weight excluding hydrogens is 186 g/mol. The summed E-state index contributed by atoms with van der Waals surface area (Å²) in [4.78, 5) is 0. The summed E-state index contributed by atoms with van der Waals surface area (Å²) >= 11 is 0. The highest BCUT2D eigenvalue weighted by atomic mass is 16.3. The van der Waals surface area contributed by atoms with Gasteiger partial charge in [-0.25, -0.2) is 0 Å². The number of hydrogen-bond acceptors (Lipinski definition) is 2. The molecule has 1 saturated carbocycles. The molecule has 1 aliphatic rings. The van der Waals surface area contributed by atoms with Gasteiger partial charge in [0.15, 0.2) is 0 Å². The van der Waals surface area contributed by atoms with Crippen LogP contribution < -0.4 is 5.32 Å². The SMILES string of the molecule is CC(C)(C)CCNCC1CCC(O)CC1. The van der Waals surface area contributed by atoms with E-state index in [4.69, 9.17) is 0 Å². The summed E-state index contributed by atoms with van der Waals surface area (Å²) in [6, 6.07) is 0. The molecule has 2 heteroatoms. The third-order valence-corrected chi connectivity index (χ3v) is 3.30. The molecule has 0 amide bonds. The Kier molecular flexibility index (Phi) is 5.07. The number of nitrogens with one attached hydrogen (secondary N) is 1. The fraction of sp³-hybridized carbons (Fsp3) is 1.00. The van der Waals surface area contributed by atoms with Crippen molar-refractivity contribution in [3.05, 3.63) is 0 Å². The van der Waals surface area contributed by atoms with Crippen molar-refractivity contribution < 1.29 is 5.11 Å². The molecule has 0 bridgehead atoms. The van der Waals surface area contributed by atoms with Crippen LogP contribution in [0.4, 0.5) is 0 Å². The van der Waals surface area contributed by atoms with Crippen molar-refractivity contribution in [3.63, 3.8) is 0 Å². The molecule has 2 N–H and O–H groups in total. The van der Waals surface area contributed by atoms with E-state index in [9.17, 15) is 5.11 Å². The molecule has 0 radical (unpaired) electrons. The Hall–Kier alpha value is -0.0800. The van der Waals surface area contributed by atoms with Crippen molar-refractivity contribution in [3.8, 4) is 0 Å². The predicted octanol–water partition coefficient (Wildman–Crippen LogP) is 2.56. The van der Waals surface area contributed by atoms with E-state index in [1.54, 1.807) is 0 Å². The Morgan fingerprint density at radius 1 is 1.13 bits per heavy atom. The summed E-state index contributed by atoms with van der Waals surface area (Å²) in [5.74, 6) is 0.799. The molecule has 90 valence electrons. The normalized spacial score (nSPS) is 28.0. The average Bonchev–Trinajstić information content (AvgIpc) is 2.14. The number of hydrogen-bond donors (Lipinski definition) is 2. The minimum absolute atomic E-state index is 0.0178. The summed E-state index contributed by atoms with van der Waals surface area (Å²) in [6.07, 6.45) is 5.63. The van der Waals surface area contributed by atoms with E-state index in [1.807, 2.05) is 0 Å². The van der Waals surface area contributed by atoms with E-state index in [-0.39, 0.29) is 6.10 Å². The van der Waals surface area contributed by atoms with Crippen LogP contribution in [0.1, 0.15) is 52.9 Å². The lowest BCUT2D eigenvalue weighted by atomic mass is 9.87. The number of aliphatic hydroxyl groups is 1. The molecule has 0 saturated heterocycles. The highest BCUT2D eigenvalue weighted by Crippen LogP contribution is 2.23. The highest BCUT2D eigenvalue weighted by molar-refractivity contribution is 4.73. The predicted molar refractivity (Wildman–Crippen MR) is 64.9 cm³/mol. The fourth-order valence-corrected chi connectivity index (χ4v) is 2.12. The van der Waals surface area contributed by atoms with Crippen LogP contribution in [-0.4, -0.2) is 24.3 Å². The largest absolute Gasteiger partial charge is 0.393 e. The zero-order chi connectivity index (χ0) is 11.3. The quantitative estimate of drug-likeness (QED) is 0.703. The van der Waals surface area contributed by atoms with Crippen molar-refractivity contribution in [2.45, 2.75) is 59.0 Å². The molecule has 1 aliphatic carbocycles. The van der Waals surface area contributed by atoms with Gasteiger partial charge in [0.1, 0.15) is 0 Å². The van der Waals surface area contributed by atoms with Crippen LogP contribution >= 0.6 is 0 Å². The smallest absolute Gasteiger partial charge is 0.0540 e. The van der Waals surface area contributed by atoms with Crippen molar-refractivity contribution in [1.82, 2.24) is 5.32 Å². The molecule has 2 nitrogen and oxygen atoms in total. The molecule has 15 heavy (non-hydrogen) atoms. The van der Waals surface area contributed by atoms with Crippen LogP contribution in [-0.2, 0) is 0 Å². The molecule has 0 aliphatic heterocycles. The molecule has 0 heterocycles. The zero-order valence-electron chi connectivity index (χ0n) is 10.6. The van der Waals surface area contributed by atoms with E-state index in [2.05, 4.69) is 26.1 Å². The summed E-state index contributed by atoms with van der Waals surface area (Å²) in [6.45, 7) is 9.12. The van der Waals surface area contributed by atoms with E-state index >= 15 is 0 Å². The Balaban J connectivity index is 2.01. The molecule has 0 unspecified atom stereocenters. The lowest BCUT2D eigenvalue weighted by molar-refractivity contribution is 0.108. The third-order valence-electron chi connectivity index (χ3n) is 3.30. The van der Waals surface area contributed by atoms with Crippen molar-refractivity contribution in [1.29, 1.82) is 0 Å². The van der Waals surface area contributed by atoms with Gasteiger partial charge in [0.25, 0.3) is 0 Å². The van der Waals surface area contributed by atoms with Gasteiger partial charge < -0.3 is 10.4 Å². The molecule has 0 aromatic heterocycles. The van der Waals surface area contributed by atoms with Crippen molar-refractivity contribution in [2.24, 2.45) is 11.3 Å². The average molecular weight is 213 g/mol. The Bertz CT molecular complexity index is 166. The first-order valence-electron chi connectivity index (χ1n) is 6.36. The van der Waals surface area contributed by atoms with E-state index in [1.165, 1.54) is 19.3 Å². The van der Waals surface area contributed by atoms with E-state index in [0.717, 1.165) is 31.8 Å². The summed E-state index contributed by atoms with van der Waals surface area (Å²) < 4.78 is 0. The third kappa shape index (κ3) is 6.16. The van der Waals surface area contributed by atoms with E-state index in [0.29, 0.717) is 5.41 Å². The monoisotopic (exact) mass is 213 g/mol. The molecular formula is C13H27NO. The minimum Gasteiger partial charge on any atom is -0.393 e. The zero-order valence-corrected chi connectivity index (χ0v) is 10.6. The van der Waals surface area contributed by atoms with Crippen LogP contribution in [0, 0.1) is 11.3 Å². The van der Waals surface area contributed by atoms with Crippen LogP contribution in [0.2, 0.25) is 0 Å². The van der Waals surface area contributed by atoms with Crippen LogP contribution in [0.5, 0.6) is 0 Å². The second-order valence-corrected chi connectivity index (χ2v) is 6.19. The van der Waals surface area contributed by atoms with E-state index < -0.39 is 0 Å². The molecule has 0 aromatic carbocycles. The maximum Gasteiger partial charge on any atom is 0.0540 e. The molecule has 0 atom stereocenters. The van der Waals surface area contributed by atoms with Crippen LogP contribution in [0.25, 0.3) is 0 Å². The molecule has 0 spiro atoms. The van der Waals surface area contributed by atoms with Crippen LogP contribution in [0.15, 0.2) is 0 Å². The maximum absolute atomic E-state index is 9.38. The maximum atomic E-state index is 9.38. The Labute approximate surface area is 94.5 Å². The second kappa shape index (κ2) is 5.86. The number of aliphatic hydroxyl groups excluding tert-OH is 1. The second-order valence-electron chi connectivity index (χ2n) is 6.19. The summed E-state index contributed by atoms with van der Waals surface area (Å²) in [5, 5.41) is 12.9. The lowest BCUT2D eigenvalue weighted by Crippen LogP contribution is -2.29. The van der Waals surface area contributed by atoms with Gasteiger partial charge in [0, 0.05) is 0 Å². The van der Waals surface area contributed by atoms with Gasteiger partial charge in [-0.2, -0.15) is 0 Å². The van der Waals surface area contributed by atoms with Gasteiger partial charge in [-0.05, 0) is 56.5 Å². The standard InChI is InChI=1S/C13H27NO/c1-13(2,3)8-9-14-10-11-4-6-12(15)7-5-11/h11-12,14-15H,4-10H2,1-3H3. The van der Waals surface area contributed by atoms with Gasteiger partial charge in [0.05, 0.1) is 6.10 Å². The Morgan fingerprint density at radius 3 is 2.27 bits per heavy atom. The first kappa shape index (κ1) is 13.0. The minimum atomic E-state index is -0.0178. The summed E-state index contributed by atoms with van der Waals surface area (Å²) in [7, 11) is 0. The van der Waals surface area contributed by atoms with Gasteiger partial charge in [0.2, 0.25) is 0 Å². The molecule has 1 rings (SSSR count). The topological polar surface area (TPSA) is 32.3 Å². The highest BCUT2D eigenvalue weighted by Gasteiger charge is 2.18. The van der Waals surface area contributed by atoms with Gasteiger partial charge >= 0.3 is 0 Å². The Morgan fingerprint density at radius 2 is 1.73 bits per heavy atom. The van der Waals surface area contributed by atoms with Gasteiger partial charge in [-0.15, -0.1) is 0 Å². The molecule has 1 fully saturated rings. The van der Waals surface area contributed by atoms with Gasteiger partial charge in [-0.3, -0.25) is 0 Å². The summed E-state index contributed by atoms with van der Waals surface area (Å²) in [5.41, 5.74) is 0.440. The van der Waals surface area contributed by atoms with Gasteiger partial charge in [-0.1, -0.05) is 20.8 Å². The lowest BCUT2D eigenvalue weighted by Gasteiger charge is -2.26. The first-order chi connectivity index (χ1) is 6.97. The van der Waals surface area contributed by atoms with Crippen molar-refractivity contribution in [2.75, 3.05) is 13.1 Å². The fourth-order valence-electron chi connectivity index (χ4n) is 2.12.